The molecule has 0 aromatic rings. The van der Waals surface area contributed by atoms with Crippen LogP contribution in [0.4, 0.5) is 0 Å². The molecule has 0 aliphatic heterocycles. The zero-order valence-electron chi connectivity index (χ0n) is 39.7. The molecule has 348 valence electrons. The fourth-order valence-electron chi connectivity index (χ4n) is 6.60. The number of rotatable bonds is 44. The lowest BCUT2D eigenvalue weighted by Gasteiger charge is -2.18. The van der Waals surface area contributed by atoms with Crippen molar-refractivity contribution >= 4 is 17.9 Å². The molecule has 0 spiro atoms. The maximum atomic E-state index is 12.7. The van der Waals surface area contributed by atoms with E-state index < -0.39 is 6.10 Å². The largest absolute Gasteiger partial charge is 0.462 e. The fourth-order valence-corrected chi connectivity index (χ4v) is 6.60. The van der Waals surface area contributed by atoms with Gasteiger partial charge in [0.15, 0.2) is 6.10 Å². The van der Waals surface area contributed by atoms with Gasteiger partial charge in [-0.15, -0.1) is 0 Å². The van der Waals surface area contributed by atoms with Gasteiger partial charge in [0.2, 0.25) is 0 Å². The molecule has 0 rings (SSSR count). The minimum atomic E-state index is -0.819. The van der Waals surface area contributed by atoms with Crippen LogP contribution in [-0.2, 0) is 28.6 Å². The van der Waals surface area contributed by atoms with Gasteiger partial charge in [0.25, 0.3) is 0 Å². The van der Waals surface area contributed by atoms with Crippen LogP contribution >= 0.6 is 0 Å². The predicted molar refractivity (Wildman–Crippen MR) is 261 cm³/mol. The van der Waals surface area contributed by atoms with E-state index in [9.17, 15) is 14.4 Å². The van der Waals surface area contributed by atoms with Gasteiger partial charge in [0.05, 0.1) is 0 Å². The average Bonchev–Trinajstić information content (AvgIpc) is 3.26. The Morgan fingerprint density at radius 2 is 0.738 bits per heavy atom. The van der Waals surface area contributed by atoms with Crippen LogP contribution in [0.1, 0.15) is 226 Å². The number of carbonyl (C=O) groups excluding carboxylic acids is 3. The van der Waals surface area contributed by atoms with Gasteiger partial charge in [0, 0.05) is 19.3 Å². The Labute approximate surface area is 375 Å². The SMILES string of the molecule is CC/C=C\C/C=C\C/C=C\CCCCCCCCCCCC(=O)OCC(COC(=O)CCCCC/C=C\C=C/CCCC)OC(=O)CC/C=C\C/C=C\CCCCCCCC. The Bertz CT molecular complexity index is 1200. The number of hydrogen-bond donors (Lipinski definition) is 0. The van der Waals surface area contributed by atoms with Crippen LogP contribution in [0.25, 0.3) is 0 Å². The second-order valence-corrected chi connectivity index (χ2v) is 16.4. The Morgan fingerprint density at radius 1 is 0.361 bits per heavy atom. The van der Waals surface area contributed by atoms with Crippen LogP contribution in [0.5, 0.6) is 0 Å². The molecular formula is C55H92O6. The number of hydrogen-bond acceptors (Lipinski definition) is 6. The highest BCUT2D eigenvalue weighted by molar-refractivity contribution is 5.71. The molecule has 0 aromatic heterocycles. The standard InChI is InChI=1S/C55H92O6/c1-4-7-10-13-16-19-22-24-25-26-27-28-29-31-33-36-39-42-45-48-54(57)60-51-52(50-59-53(56)47-44-41-38-35-32-21-18-15-12-9-6-3)61-55(58)49-46-43-40-37-34-30-23-20-17-14-11-8-5-2/h7,10,15-16,18-19,21,24-25,30,32,34,40,43,52H,4-6,8-9,11-14,17,20,22-23,26-29,31,33,35-39,41-42,44-51H2,1-3H3/b10-7-,18-15-,19-16-,25-24-,32-21-,34-30-,43-40-. The zero-order valence-corrected chi connectivity index (χ0v) is 39.7. The molecule has 0 aliphatic carbocycles. The summed E-state index contributed by atoms with van der Waals surface area (Å²) in [6.45, 7) is 6.38. The van der Waals surface area contributed by atoms with Crippen LogP contribution in [0.3, 0.4) is 0 Å². The van der Waals surface area contributed by atoms with Gasteiger partial charge in [-0.25, -0.2) is 0 Å². The van der Waals surface area contributed by atoms with E-state index in [1.54, 1.807) is 0 Å². The van der Waals surface area contributed by atoms with E-state index in [0.717, 1.165) is 83.5 Å². The van der Waals surface area contributed by atoms with E-state index in [0.29, 0.717) is 19.3 Å². The molecule has 0 bridgehead atoms. The highest BCUT2D eigenvalue weighted by atomic mass is 16.6. The third-order valence-corrected chi connectivity index (χ3v) is 10.4. The summed E-state index contributed by atoms with van der Waals surface area (Å²) in [5, 5.41) is 0. The van der Waals surface area contributed by atoms with Crippen molar-refractivity contribution < 1.29 is 28.6 Å². The van der Waals surface area contributed by atoms with Gasteiger partial charge in [-0.1, -0.05) is 202 Å². The summed E-state index contributed by atoms with van der Waals surface area (Å²) in [4.78, 5) is 37.8. The molecule has 1 unspecified atom stereocenters. The van der Waals surface area contributed by atoms with Crippen LogP contribution in [0.15, 0.2) is 85.1 Å². The van der Waals surface area contributed by atoms with E-state index in [1.807, 2.05) is 6.08 Å². The van der Waals surface area contributed by atoms with Crippen LogP contribution in [-0.4, -0.2) is 37.2 Å². The first-order valence-corrected chi connectivity index (χ1v) is 25.1. The monoisotopic (exact) mass is 849 g/mol. The van der Waals surface area contributed by atoms with Crippen molar-refractivity contribution in [2.75, 3.05) is 13.2 Å². The summed E-state index contributed by atoms with van der Waals surface area (Å²) >= 11 is 0. The van der Waals surface area contributed by atoms with Crippen molar-refractivity contribution in [3.8, 4) is 0 Å². The summed E-state index contributed by atoms with van der Waals surface area (Å²) in [7, 11) is 0. The average molecular weight is 849 g/mol. The molecule has 6 heteroatoms. The topological polar surface area (TPSA) is 78.9 Å². The summed E-state index contributed by atoms with van der Waals surface area (Å²) in [6.07, 6.45) is 63.0. The number of unbranched alkanes of at least 4 members (excludes halogenated alkanes) is 20. The first-order chi connectivity index (χ1) is 30.0. The Hall–Kier alpha value is -3.41. The first-order valence-electron chi connectivity index (χ1n) is 25.1. The van der Waals surface area contributed by atoms with E-state index in [4.69, 9.17) is 14.2 Å². The molecular weight excluding hydrogens is 757 g/mol. The minimum Gasteiger partial charge on any atom is -0.462 e. The maximum Gasteiger partial charge on any atom is 0.306 e. The van der Waals surface area contributed by atoms with E-state index in [-0.39, 0.29) is 37.5 Å². The number of allylic oxidation sites excluding steroid dienone is 14. The van der Waals surface area contributed by atoms with Crippen molar-refractivity contribution in [1.82, 2.24) is 0 Å². The summed E-state index contributed by atoms with van der Waals surface area (Å²) in [6, 6.07) is 0. The van der Waals surface area contributed by atoms with Gasteiger partial charge in [-0.3, -0.25) is 14.4 Å². The molecule has 1 atom stereocenters. The van der Waals surface area contributed by atoms with E-state index in [2.05, 4.69) is 99.8 Å². The predicted octanol–water partition coefficient (Wildman–Crippen LogP) is 16.4. The zero-order chi connectivity index (χ0) is 44.4. The van der Waals surface area contributed by atoms with Crippen LogP contribution in [0, 0.1) is 0 Å². The second kappa shape index (κ2) is 49.2. The quantitative estimate of drug-likeness (QED) is 0.0200. The van der Waals surface area contributed by atoms with Crippen LogP contribution in [0.2, 0.25) is 0 Å². The Morgan fingerprint density at radius 3 is 1.23 bits per heavy atom. The minimum absolute atomic E-state index is 0.111. The lowest BCUT2D eigenvalue weighted by molar-refractivity contribution is -0.166. The fraction of sp³-hybridized carbons (Fsp3) is 0.691. The molecule has 6 nitrogen and oxygen atoms in total. The second-order valence-electron chi connectivity index (χ2n) is 16.4. The van der Waals surface area contributed by atoms with Crippen LogP contribution < -0.4 is 0 Å². The number of esters is 3. The van der Waals surface area contributed by atoms with Crippen molar-refractivity contribution in [1.29, 1.82) is 0 Å². The lowest BCUT2D eigenvalue weighted by atomic mass is 10.1. The molecule has 0 saturated heterocycles. The smallest absolute Gasteiger partial charge is 0.306 e. The van der Waals surface area contributed by atoms with Gasteiger partial charge >= 0.3 is 17.9 Å². The third-order valence-electron chi connectivity index (χ3n) is 10.4. The Balaban J connectivity index is 4.43. The van der Waals surface area contributed by atoms with Crippen molar-refractivity contribution in [3.05, 3.63) is 85.1 Å². The molecule has 0 amide bonds. The molecule has 0 saturated carbocycles. The van der Waals surface area contributed by atoms with Crippen molar-refractivity contribution in [2.45, 2.75) is 232 Å². The third kappa shape index (κ3) is 47.5. The van der Waals surface area contributed by atoms with E-state index >= 15 is 0 Å². The molecule has 0 aromatic carbocycles. The highest BCUT2D eigenvalue weighted by Gasteiger charge is 2.19. The van der Waals surface area contributed by atoms with Crippen molar-refractivity contribution in [3.63, 3.8) is 0 Å². The maximum absolute atomic E-state index is 12.7. The lowest BCUT2D eigenvalue weighted by Crippen LogP contribution is -2.30. The summed E-state index contributed by atoms with van der Waals surface area (Å²) in [5.74, 6) is -1.02. The first kappa shape index (κ1) is 57.6. The summed E-state index contributed by atoms with van der Waals surface area (Å²) in [5.41, 5.74) is 0. The Kier molecular flexibility index (Phi) is 46.5. The van der Waals surface area contributed by atoms with Gasteiger partial charge < -0.3 is 14.2 Å². The number of ether oxygens (including phenoxy) is 3. The molecule has 0 N–H and O–H groups in total. The molecule has 0 fully saturated rings. The molecule has 0 heterocycles. The molecule has 0 aliphatic rings. The summed E-state index contributed by atoms with van der Waals surface area (Å²) < 4.78 is 16.7. The highest BCUT2D eigenvalue weighted by Crippen LogP contribution is 2.13. The van der Waals surface area contributed by atoms with Gasteiger partial charge in [0.1, 0.15) is 13.2 Å². The molecule has 61 heavy (non-hydrogen) atoms. The molecule has 0 radical (unpaired) electrons. The van der Waals surface area contributed by atoms with Crippen molar-refractivity contribution in [2.24, 2.45) is 0 Å². The van der Waals surface area contributed by atoms with E-state index in [1.165, 1.54) is 96.3 Å². The normalized spacial score (nSPS) is 12.8. The number of carbonyl (C=O) groups is 3. The van der Waals surface area contributed by atoms with Gasteiger partial charge in [-0.2, -0.15) is 0 Å². The van der Waals surface area contributed by atoms with Gasteiger partial charge in [-0.05, 0) is 89.9 Å².